The van der Waals surface area contributed by atoms with Gasteiger partial charge in [0.2, 0.25) is 0 Å². The quantitative estimate of drug-likeness (QED) is 0.727. The monoisotopic (exact) mass is 168 g/mol. The molecule has 0 unspecified atom stereocenters. The van der Waals surface area contributed by atoms with Gasteiger partial charge in [0.15, 0.2) is 5.82 Å². The zero-order valence-electron chi connectivity index (χ0n) is 7.91. The van der Waals surface area contributed by atoms with Crippen LogP contribution in [0.15, 0.2) is 6.20 Å². The molecule has 1 heterocycles. The maximum atomic E-state index is 5.77. The zero-order chi connectivity index (χ0) is 9.14. The molecule has 4 nitrogen and oxygen atoms in total. The highest BCUT2D eigenvalue weighted by Gasteiger charge is 2.09. The molecule has 1 aromatic rings. The van der Waals surface area contributed by atoms with Crippen LogP contribution in [0, 0.1) is 0 Å². The van der Waals surface area contributed by atoms with E-state index in [2.05, 4.69) is 23.8 Å². The number of hydrogen-bond donors (Lipinski definition) is 1. The van der Waals surface area contributed by atoms with E-state index in [1.165, 1.54) is 0 Å². The third kappa shape index (κ3) is 1.52. The van der Waals surface area contributed by atoms with Crippen LogP contribution in [0.4, 0.5) is 11.5 Å². The molecule has 1 aromatic heterocycles. The van der Waals surface area contributed by atoms with Crippen LogP contribution in [0.5, 0.6) is 0 Å². The van der Waals surface area contributed by atoms with Gasteiger partial charge >= 0.3 is 0 Å². The third-order valence-electron chi connectivity index (χ3n) is 1.90. The Kier molecular flexibility index (Phi) is 2.58. The van der Waals surface area contributed by atoms with Crippen LogP contribution in [0.3, 0.4) is 0 Å². The first-order chi connectivity index (χ1) is 5.69. The van der Waals surface area contributed by atoms with Gasteiger partial charge in [-0.25, -0.2) is 0 Å². The first-order valence-electron chi connectivity index (χ1n) is 4.23. The van der Waals surface area contributed by atoms with Crippen molar-refractivity contribution in [2.45, 2.75) is 13.8 Å². The van der Waals surface area contributed by atoms with Crippen molar-refractivity contribution in [3.8, 4) is 0 Å². The molecule has 0 amide bonds. The van der Waals surface area contributed by atoms with Crippen LogP contribution < -0.4 is 10.6 Å². The van der Waals surface area contributed by atoms with Gasteiger partial charge in [0.05, 0.1) is 5.69 Å². The van der Waals surface area contributed by atoms with Gasteiger partial charge in [-0.05, 0) is 13.8 Å². The van der Waals surface area contributed by atoms with E-state index in [9.17, 15) is 0 Å². The van der Waals surface area contributed by atoms with Gasteiger partial charge in [-0.3, -0.25) is 4.68 Å². The van der Waals surface area contributed by atoms with E-state index >= 15 is 0 Å². The van der Waals surface area contributed by atoms with E-state index in [0.29, 0.717) is 0 Å². The number of nitrogen functional groups attached to an aromatic ring is 1. The second-order valence-electron chi connectivity index (χ2n) is 2.75. The van der Waals surface area contributed by atoms with Gasteiger partial charge in [-0.2, -0.15) is 5.10 Å². The van der Waals surface area contributed by atoms with Crippen LogP contribution in [0.1, 0.15) is 13.8 Å². The lowest BCUT2D eigenvalue weighted by atomic mass is 10.4. The summed E-state index contributed by atoms with van der Waals surface area (Å²) in [5, 5.41) is 4.27. The molecule has 4 heteroatoms. The van der Waals surface area contributed by atoms with Gasteiger partial charge in [0, 0.05) is 26.3 Å². The molecule has 0 aliphatic heterocycles. The van der Waals surface area contributed by atoms with Crippen LogP contribution in [-0.4, -0.2) is 22.9 Å². The average Bonchev–Trinajstić information content (AvgIpc) is 2.34. The van der Waals surface area contributed by atoms with E-state index in [1.807, 2.05) is 13.2 Å². The molecule has 0 aliphatic rings. The van der Waals surface area contributed by atoms with E-state index in [1.54, 1.807) is 4.68 Å². The van der Waals surface area contributed by atoms with Crippen molar-refractivity contribution in [1.29, 1.82) is 0 Å². The molecule has 0 aromatic carbocycles. The summed E-state index contributed by atoms with van der Waals surface area (Å²) in [5.41, 5.74) is 6.52. The number of hydrogen-bond acceptors (Lipinski definition) is 3. The van der Waals surface area contributed by atoms with Crippen molar-refractivity contribution in [3.05, 3.63) is 6.20 Å². The number of aromatic nitrogens is 2. The Labute approximate surface area is 73.0 Å². The van der Waals surface area contributed by atoms with Gasteiger partial charge in [-0.1, -0.05) is 0 Å². The van der Waals surface area contributed by atoms with Crippen molar-refractivity contribution in [1.82, 2.24) is 9.78 Å². The molecular weight excluding hydrogens is 152 g/mol. The topological polar surface area (TPSA) is 47.1 Å². The molecule has 12 heavy (non-hydrogen) atoms. The molecule has 0 saturated heterocycles. The van der Waals surface area contributed by atoms with Gasteiger partial charge in [0.1, 0.15) is 0 Å². The van der Waals surface area contributed by atoms with Gasteiger partial charge in [0.25, 0.3) is 0 Å². The fraction of sp³-hybridized carbons (Fsp3) is 0.625. The van der Waals surface area contributed by atoms with Crippen molar-refractivity contribution in [3.63, 3.8) is 0 Å². The predicted octanol–water partition coefficient (Wildman–Crippen LogP) is 0.849. The largest absolute Gasteiger partial charge is 0.394 e. The van der Waals surface area contributed by atoms with E-state index in [4.69, 9.17) is 5.73 Å². The average molecular weight is 168 g/mol. The Morgan fingerprint density at radius 2 is 2.08 bits per heavy atom. The van der Waals surface area contributed by atoms with E-state index in [0.717, 1.165) is 24.6 Å². The van der Waals surface area contributed by atoms with Crippen molar-refractivity contribution in [2.75, 3.05) is 23.7 Å². The summed E-state index contributed by atoms with van der Waals surface area (Å²) < 4.78 is 1.74. The number of aryl methyl sites for hydroxylation is 1. The lowest BCUT2D eigenvalue weighted by molar-refractivity contribution is 0.744. The lowest BCUT2D eigenvalue weighted by Crippen LogP contribution is -2.23. The molecule has 0 aliphatic carbocycles. The second-order valence-corrected chi connectivity index (χ2v) is 2.75. The number of nitrogens with two attached hydrogens (primary N) is 1. The fourth-order valence-electron chi connectivity index (χ4n) is 1.26. The maximum absolute atomic E-state index is 5.77. The number of nitrogens with zero attached hydrogens (tertiary/aromatic N) is 3. The molecule has 0 spiro atoms. The molecule has 68 valence electrons. The standard InChI is InChI=1S/C8H16N4/c1-4-12(5-2)8-7(9)6-11(3)10-8/h6H,4-5,9H2,1-3H3. The summed E-state index contributed by atoms with van der Waals surface area (Å²) in [6.07, 6.45) is 1.83. The highest BCUT2D eigenvalue weighted by Crippen LogP contribution is 2.19. The minimum absolute atomic E-state index is 0.751. The van der Waals surface area contributed by atoms with Crippen LogP contribution in [0.25, 0.3) is 0 Å². The maximum Gasteiger partial charge on any atom is 0.173 e. The predicted molar refractivity (Wildman–Crippen MR) is 51.2 cm³/mol. The van der Waals surface area contributed by atoms with E-state index < -0.39 is 0 Å². The Morgan fingerprint density at radius 1 is 1.50 bits per heavy atom. The van der Waals surface area contributed by atoms with Gasteiger partial charge in [-0.15, -0.1) is 0 Å². The first kappa shape index (κ1) is 8.90. The van der Waals surface area contributed by atoms with Gasteiger partial charge < -0.3 is 10.6 Å². The fourth-order valence-corrected chi connectivity index (χ4v) is 1.26. The van der Waals surface area contributed by atoms with Crippen molar-refractivity contribution in [2.24, 2.45) is 7.05 Å². The lowest BCUT2D eigenvalue weighted by Gasteiger charge is -2.17. The molecule has 0 bridgehead atoms. The minimum Gasteiger partial charge on any atom is -0.394 e. The SMILES string of the molecule is CCN(CC)c1nn(C)cc1N. The zero-order valence-corrected chi connectivity index (χ0v) is 7.91. The van der Waals surface area contributed by atoms with Crippen LogP contribution in [0.2, 0.25) is 0 Å². The molecule has 2 N–H and O–H groups in total. The molecule has 0 atom stereocenters. The highest BCUT2D eigenvalue weighted by molar-refractivity contribution is 5.61. The third-order valence-corrected chi connectivity index (χ3v) is 1.90. The van der Waals surface area contributed by atoms with E-state index in [-0.39, 0.29) is 0 Å². The summed E-state index contributed by atoms with van der Waals surface area (Å²) in [4.78, 5) is 2.13. The summed E-state index contributed by atoms with van der Waals surface area (Å²) in [6, 6.07) is 0. The molecular formula is C8H16N4. The van der Waals surface area contributed by atoms with Crippen molar-refractivity contribution >= 4 is 11.5 Å². The summed E-state index contributed by atoms with van der Waals surface area (Å²) in [5.74, 6) is 0.891. The summed E-state index contributed by atoms with van der Waals surface area (Å²) in [6.45, 7) is 6.07. The first-order valence-corrected chi connectivity index (χ1v) is 4.23. The Bertz CT molecular complexity index is 250. The summed E-state index contributed by atoms with van der Waals surface area (Å²) in [7, 11) is 1.88. The minimum atomic E-state index is 0.751. The molecule has 0 fully saturated rings. The number of rotatable bonds is 3. The Hall–Kier alpha value is -1.19. The number of anilines is 2. The molecule has 1 rings (SSSR count). The van der Waals surface area contributed by atoms with Crippen molar-refractivity contribution < 1.29 is 0 Å². The van der Waals surface area contributed by atoms with Crippen LogP contribution in [-0.2, 0) is 7.05 Å². The highest BCUT2D eigenvalue weighted by atomic mass is 15.3. The van der Waals surface area contributed by atoms with Crippen LogP contribution >= 0.6 is 0 Å². The Morgan fingerprint density at radius 3 is 2.42 bits per heavy atom. The molecule has 0 saturated carbocycles. The normalized spacial score (nSPS) is 10.2. The smallest absolute Gasteiger partial charge is 0.173 e. The summed E-state index contributed by atoms with van der Waals surface area (Å²) >= 11 is 0. The Balaban J connectivity index is 2.91. The molecule has 0 radical (unpaired) electrons. The second kappa shape index (κ2) is 3.47.